The average molecular weight is 384 g/mol. The highest BCUT2D eigenvalue weighted by atomic mass is 19.1. The van der Waals surface area contributed by atoms with Crippen molar-refractivity contribution in [3.63, 3.8) is 0 Å². The topological polar surface area (TPSA) is 75.7 Å². The van der Waals surface area contributed by atoms with Gasteiger partial charge in [0.25, 0.3) is 17.4 Å². The number of likely N-dealkylation sites (N-methyl/N-ethyl adjacent to an activating group) is 1. The van der Waals surface area contributed by atoms with Crippen LogP contribution < -0.4 is 10.2 Å². The van der Waals surface area contributed by atoms with Crippen molar-refractivity contribution in [2.45, 2.75) is 31.9 Å². The van der Waals surface area contributed by atoms with E-state index in [1.807, 2.05) is 0 Å². The number of carbonyl (C=O) groups excluding carboxylic acids is 3. The van der Waals surface area contributed by atoms with Crippen LogP contribution in [0, 0.1) is 5.82 Å². The van der Waals surface area contributed by atoms with Crippen molar-refractivity contribution in [2.75, 3.05) is 11.9 Å². The van der Waals surface area contributed by atoms with Crippen LogP contribution in [0.3, 0.4) is 0 Å². The smallest absolute Gasteiger partial charge is 0.343 e. The van der Waals surface area contributed by atoms with Gasteiger partial charge in [-0.2, -0.15) is 0 Å². The van der Waals surface area contributed by atoms with E-state index in [1.54, 1.807) is 45.0 Å². The number of rotatable bonds is 3. The summed E-state index contributed by atoms with van der Waals surface area (Å²) >= 11 is 0. The quantitative estimate of drug-likeness (QED) is 0.652. The van der Waals surface area contributed by atoms with Crippen LogP contribution in [0.5, 0.6) is 0 Å². The zero-order valence-corrected chi connectivity index (χ0v) is 16.1. The molecule has 1 atom stereocenters. The molecule has 7 heteroatoms. The average Bonchev–Trinajstić information content (AvgIpc) is 2.84. The number of esters is 1. The maximum absolute atomic E-state index is 14.1. The molecule has 2 aromatic carbocycles. The van der Waals surface area contributed by atoms with Gasteiger partial charge in [-0.15, -0.1) is 0 Å². The second kappa shape index (κ2) is 6.74. The van der Waals surface area contributed by atoms with E-state index in [4.69, 9.17) is 4.74 Å². The zero-order chi connectivity index (χ0) is 20.7. The fraction of sp³-hybridized carbons (Fsp3) is 0.286. The Bertz CT molecular complexity index is 967. The number of hydrogen-bond donors (Lipinski definition) is 1. The lowest BCUT2D eigenvalue weighted by molar-refractivity contribution is -0.153. The number of fused-ring (bicyclic) bond motifs is 1. The first kappa shape index (κ1) is 19.5. The van der Waals surface area contributed by atoms with Gasteiger partial charge in [0.05, 0.1) is 11.3 Å². The molecular weight excluding hydrogens is 363 g/mol. The maximum atomic E-state index is 14.1. The van der Waals surface area contributed by atoms with E-state index in [-0.39, 0.29) is 11.1 Å². The van der Waals surface area contributed by atoms with Crippen molar-refractivity contribution < 1.29 is 23.5 Å². The minimum Gasteiger partial charge on any atom is -0.430 e. The van der Waals surface area contributed by atoms with Crippen LogP contribution in [0.1, 0.15) is 36.7 Å². The summed E-state index contributed by atoms with van der Waals surface area (Å²) in [5.74, 6) is -3.40. The molecule has 0 bridgehead atoms. The summed E-state index contributed by atoms with van der Waals surface area (Å²) in [5, 5.41) is 2.71. The van der Waals surface area contributed by atoms with Gasteiger partial charge < -0.3 is 15.0 Å². The van der Waals surface area contributed by atoms with Gasteiger partial charge in [0.2, 0.25) is 0 Å². The molecule has 0 radical (unpaired) electrons. The first-order chi connectivity index (χ1) is 13.1. The Kier molecular flexibility index (Phi) is 4.71. The molecular formula is C21H21FN2O4. The van der Waals surface area contributed by atoms with Crippen LogP contribution in [-0.2, 0) is 19.9 Å². The van der Waals surface area contributed by atoms with Crippen molar-refractivity contribution in [2.24, 2.45) is 0 Å². The molecule has 1 aliphatic rings. The number of hydrogen-bond acceptors (Lipinski definition) is 4. The molecule has 0 fully saturated rings. The molecule has 0 aromatic heterocycles. The Balaban J connectivity index is 2.14. The standard InChI is InChI=1S/C21H21FN2O4/c1-20(2,3)23-18(26)21(28-17(25)13-9-5-7-11-15(13)22)14-10-6-8-12-16(14)24(4)19(21)27/h5-12H,1-4H3,(H,23,26). The monoisotopic (exact) mass is 384 g/mol. The third kappa shape index (κ3) is 3.13. The van der Waals surface area contributed by atoms with Gasteiger partial charge in [0, 0.05) is 18.2 Å². The molecule has 3 rings (SSSR count). The summed E-state index contributed by atoms with van der Waals surface area (Å²) < 4.78 is 19.6. The molecule has 2 aromatic rings. The lowest BCUT2D eigenvalue weighted by Crippen LogP contribution is -2.57. The largest absolute Gasteiger partial charge is 0.430 e. The van der Waals surface area contributed by atoms with E-state index in [0.717, 1.165) is 6.07 Å². The van der Waals surface area contributed by atoms with Crippen LogP contribution in [0.2, 0.25) is 0 Å². The highest BCUT2D eigenvalue weighted by Crippen LogP contribution is 2.43. The lowest BCUT2D eigenvalue weighted by atomic mass is 9.92. The van der Waals surface area contributed by atoms with E-state index in [2.05, 4.69) is 5.32 Å². The van der Waals surface area contributed by atoms with Crippen molar-refractivity contribution in [3.05, 3.63) is 65.5 Å². The molecule has 1 N–H and O–H groups in total. The molecule has 1 heterocycles. The Morgan fingerprint density at radius 1 is 1.07 bits per heavy atom. The molecule has 2 amide bonds. The van der Waals surface area contributed by atoms with Crippen molar-refractivity contribution in [3.8, 4) is 0 Å². The number of carbonyl (C=O) groups is 3. The van der Waals surface area contributed by atoms with Gasteiger partial charge in [-0.25, -0.2) is 9.18 Å². The Morgan fingerprint density at radius 3 is 2.32 bits per heavy atom. The van der Waals surface area contributed by atoms with Crippen molar-refractivity contribution in [1.82, 2.24) is 5.32 Å². The number of para-hydroxylation sites is 1. The van der Waals surface area contributed by atoms with Crippen LogP contribution in [-0.4, -0.2) is 30.4 Å². The molecule has 146 valence electrons. The van der Waals surface area contributed by atoms with E-state index >= 15 is 0 Å². The second-order valence-corrected chi connectivity index (χ2v) is 7.64. The Hall–Kier alpha value is -3.22. The molecule has 0 spiro atoms. The third-order valence-corrected chi connectivity index (χ3v) is 4.40. The highest BCUT2D eigenvalue weighted by molar-refractivity contribution is 6.21. The zero-order valence-electron chi connectivity index (χ0n) is 16.1. The Labute approximate surface area is 162 Å². The second-order valence-electron chi connectivity index (χ2n) is 7.64. The van der Waals surface area contributed by atoms with E-state index in [9.17, 15) is 18.8 Å². The normalized spacial score (nSPS) is 18.6. The molecule has 28 heavy (non-hydrogen) atoms. The summed E-state index contributed by atoms with van der Waals surface area (Å²) in [6.07, 6.45) is 0. The van der Waals surface area contributed by atoms with Gasteiger partial charge in [0.1, 0.15) is 5.82 Å². The molecule has 0 saturated carbocycles. The number of ether oxygens (including phenoxy) is 1. The van der Waals surface area contributed by atoms with Gasteiger partial charge in [0.15, 0.2) is 0 Å². The molecule has 1 aliphatic heterocycles. The van der Waals surface area contributed by atoms with Gasteiger partial charge in [-0.1, -0.05) is 30.3 Å². The first-order valence-corrected chi connectivity index (χ1v) is 8.76. The predicted octanol–water partition coefficient (Wildman–Crippen LogP) is 2.77. The minimum atomic E-state index is -2.24. The summed E-state index contributed by atoms with van der Waals surface area (Å²) in [6, 6.07) is 11.8. The van der Waals surface area contributed by atoms with Gasteiger partial charge >= 0.3 is 5.97 Å². The number of anilines is 1. The van der Waals surface area contributed by atoms with Gasteiger partial charge in [-0.3, -0.25) is 9.59 Å². The fourth-order valence-electron chi connectivity index (χ4n) is 3.14. The lowest BCUT2D eigenvalue weighted by Gasteiger charge is -2.31. The predicted molar refractivity (Wildman–Crippen MR) is 101 cm³/mol. The maximum Gasteiger partial charge on any atom is 0.343 e. The SMILES string of the molecule is CN1C(=O)C(OC(=O)c2ccccc2F)(C(=O)NC(C)(C)C)c2ccccc21. The third-order valence-electron chi connectivity index (χ3n) is 4.40. The van der Waals surface area contributed by atoms with Crippen molar-refractivity contribution >= 4 is 23.5 Å². The Morgan fingerprint density at radius 2 is 1.68 bits per heavy atom. The number of nitrogens with one attached hydrogen (secondary N) is 1. The van der Waals surface area contributed by atoms with Crippen molar-refractivity contribution in [1.29, 1.82) is 0 Å². The molecule has 0 aliphatic carbocycles. The minimum absolute atomic E-state index is 0.230. The van der Waals surface area contributed by atoms with E-state index in [1.165, 1.54) is 30.1 Å². The summed E-state index contributed by atoms with van der Waals surface area (Å²) in [7, 11) is 1.49. The van der Waals surface area contributed by atoms with Gasteiger partial charge in [-0.05, 0) is 39.0 Å². The number of nitrogens with zero attached hydrogens (tertiary/aromatic N) is 1. The van der Waals surface area contributed by atoms with Crippen LogP contribution >= 0.6 is 0 Å². The number of halogens is 1. The summed E-state index contributed by atoms with van der Waals surface area (Å²) in [5.41, 5.74) is -2.61. The molecule has 6 nitrogen and oxygen atoms in total. The molecule has 0 saturated heterocycles. The summed E-state index contributed by atoms with van der Waals surface area (Å²) in [6.45, 7) is 5.23. The summed E-state index contributed by atoms with van der Waals surface area (Å²) in [4.78, 5) is 40.4. The number of amides is 2. The first-order valence-electron chi connectivity index (χ1n) is 8.76. The van der Waals surface area contributed by atoms with Crippen LogP contribution in [0.15, 0.2) is 48.5 Å². The fourth-order valence-corrected chi connectivity index (χ4v) is 3.14. The molecule has 1 unspecified atom stereocenters. The van der Waals surface area contributed by atoms with E-state index in [0.29, 0.717) is 5.69 Å². The number of benzene rings is 2. The van der Waals surface area contributed by atoms with Crippen LogP contribution in [0.25, 0.3) is 0 Å². The van der Waals surface area contributed by atoms with E-state index < -0.39 is 34.7 Å². The highest BCUT2D eigenvalue weighted by Gasteiger charge is 2.59. The van der Waals surface area contributed by atoms with Crippen LogP contribution in [0.4, 0.5) is 10.1 Å².